The van der Waals surface area contributed by atoms with E-state index in [9.17, 15) is 14.7 Å². The molecule has 0 bridgehead atoms. The molecule has 7 nitrogen and oxygen atoms in total. The van der Waals surface area contributed by atoms with E-state index in [1.54, 1.807) is 61.8 Å². The lowest BCUT2D eigenvalue weighted by molar-refractivity contribution is -0.130. The summed E-state index contributed by atoms with van der Waals surface area (Å²) in [5.41, 5.74) is 1.36. The number of aliphatic hydroxyl groups excluding tert-OH is 1. The van der Waals surface area contributed by atoms with E-state index in [1.807, 2.05) is 6.07 Å². The zero-order chi connectivity index (χ0) is 22.7. The number of rotatable bonds is 8. The summed E-state index contributed by atoms with van der Waals surface area (Å²) >= 11 is 0. The van der Waals surface area contributed by atoms with Crippen LogP contribution >= 0.6 is 0 Å². The van der Waals surface area contributed by atoms with Gasteiger partial charge in [-0.25, -0.2) is 0 Å². The molecular weight excluding hydrogens is 408 g/mol. The number of carbonyl (C=O) groups is 2. The molecule has 4 rings (SSSR count). The summed E-state index contributed by atoms with van der Waals surface area (Å²) in [5, 5.41) is 10.8. The average molecular weight is 430 g/mol. The standard InChI is InChI=1S/C25H22N2O5/c1-3-12-31-19-8-4-7-18(13-19)22-21(23(28)20-10-9-16(2)32-20)24(29)25(30)27(22)15-17-6-5-11-26-14-17/h3-11,13-14,22,29H,1,12,15H2,2H3/t22-/m0/s1. The van der Waals surface area contributed by atoms with E-state index >= 15 is 0 Å². The van der Waals surface area contributed by atoms with Crippen molar-refractivity contribution >= 4 is 11.7 Å². The molecule has 0 saturated heterocycles. The highest BCUT2D eigenvalue weighted by Crippen LogP contribution is 2.40. The molecule has 162 valence electrons. The van der Waals surface area contributed by atoms with Crippen LogP contribution in [0.4, 0.5) is 0 Å². The van der Waals surface area contributed by atoms with Gasteiger partial charge >= 0.3 is 0 Å². The summed E-state index contributed by atoms with van der Waals surface area (Å²) in [6, 6.07) is 13.0. The highest BCUT2D eigenvalue weighted by Gasteiger charge is 2.44. The summed E-state index contributed by atoms with van der Waals surface area (Å²) in [7, 11) is 0. The SMILES string of the molecule is C=CCOc1cccc([C@H]2C(C(=O)c3ccc(C)o3)=C(O)C(=O)N2Cc2cccnc2)c1. The molecule has 1 amide bonds. The molecule has 1 aliphatic heterocycles. The smallest absolute Gasteiger partial charge is 0.290 e. The fourth-order valence-electron chi connectivity index (χ4n) is 3.70. The highest BCUT2D eigenvalue weighted by atomic mass is 16.5. The lowest BCUT2D eigenvalue weighted by atomic mass is 9.94. The maximum Gasteiger partial charge on any atom is 0.290 e. The summed E-state index contributed by atoms with van der Waals surface area (Å²) < 4.78 is 11.1. The zero-order valence-corrected chi connectivity index (χ0v) is 17.5. The number of pyridine rings is 1. The van der Waals surface area contributed by atoms with Crippen LogP contribution in [0.5, 0.6) is 5.75 Å². The first-order valence-corrected chi connectivity index (χ1v) is 10.1. The van der Waals surface area contributed by atoms with Gasteiger partial charge in [0.25, 0.3) is 5.91 Å². The van der Waals surface area contributed by atoms with Crippen LogP contribution in [0.3, 0.4) is 0 Å². The molecule has 0 radical (unpaired) electrons. The molecule has 0 fully saturated rings. The Labute approximate surface area is 185 Å². The Kier molecular flexibility index (Phi) is 5.89. The van der Waals surface area contributed by atoms with E-state index in [-0.39, 0.29) is 17.9 Å². The number of aromatic nitrogens is 1. The molecule has 3 aromatic rings. The number of benzene rings is 1. The van der Waals surface area contributed by atoms with Gasteiger partial charge in [0.15, 0.2) is 11.5 Å². The van der Waals surface area contributed by atoms with E-state index in [1.165, 1.54) is 11.0 Å². The number of Topliss-reactive ketones (excluding diaryl/α,β-unsaturated/α-hetero) is 1. The molecule has 0 aliphatic carbocycles. The maximum absolute atomic E-state index is 13.3. The van der Waals surface area contributed by atoms with E-state index < -0.39 is 23.5 Å². The van der Waals surface area contributed by atoms with Crippen LogP contribution in [-0.4, -0.2) is 33.3 Å². The van der Waals surface area contributed by atoms with Crippen LogP contribution in [0.25, 0.3) is 0 Å². The number of furan rings is 1. The normalized spacial score (nSPS) is 15.8. The first-order valence-electron chi connectivity index (χ1n) is 10.1. The Morgan fingerprint density at radius 2 is 2.12 bits per heavy atom. The van der Waals surface area contributed by atoms with Crippen molar-refractivity contribution in [2.24, 2.45) is 0 Å². The fraction of sp³-hybridized carbons (Fsp3) is 0.160. The molecule has 1 aromatic carbocycles. The molecule has 0 unspecified atom stereocenters. The van der Waals surface area contributed by atoms with Gasteiger partial charge in [0.05, 0.1) is 11.6 Å². The van der Waals surface area contributed by atoms with Crippen LogP contribution in [0.15, 0.2) is 89.3 Å². The minimum Gasteiger partial charge on any atom is -0.503 e. The third-order valence-corrected chi connectivity index (χ3v) is 5.13. The quantitative estimate of drug-likeness (QED) is 0.422. The molecule has 3 heterocycles. The maximum atomic E-state index is 13.3. The molecule has 1 N–H and O–H groups in total. The number of hydrogen-bond donors (Lipinski definition) is 1. The Morgan fingerprint density at radius 3 is 2.81 bits per heavy atom. The largest absolute Gasteiger partial charge is 0.503 e. The van der Waals surface area contributed by atoms with Gasteiger partial charge in [-0.15, -0.1) is 0 Å². The van der Waals surface area contributed by atoms with Crippen LogP contribution in [0, 0.1) is 6.92 Å². The van der Waals surface area contributed by atoms with Crippen LogP contribution in [0.1, 0.15) is 33.5 Å². The molecule has 0 saturated carbocycles. The van der Waals surface area contributed by atoms with Gasteiger partial charge in [0.2, 0.25) is 5.78 Å². The molecule has 2 aromatic heterocycles. The summed E-state index contributed by atoms with van der Waals surface area (Å²) in [6.07, 6.45) is 4.90. The first kappa shape index (κ1) is 21.1. The number of hydrogen-bond acceptors (Lipinski definition) is 6. The predicted molar refractivity (Wildman–Crippen MR) is 117 cm³/mol. The van der Waals surface area contributed by atoms with Crippen LogP contribution < -0.4 is 4.74 Å². The number of aliphatic hydroxyl groups is 1. The summed E-state index contributed by atoms with van der Waals surface area (Å²) in [5.74, 6) is -0.591. The molecule has 7 heteroatoms. The van der Waals surface area contributed by atoms with Crippen molar-refractivity contribution in [3.63, 3.8) is 0 Å². The molecule has 0 spiro atoms. The summed E-state index contributed by atoms with van der Waals surface area (Å²) in [6.45, 7) is 5.84. The topological polar surface area (TPSA) is 92.9 Å². The molecule has 1 atom stereocenters. The fourth-order valence-corrected chi connectivity index (χ4v) is 3.70. The Balaban J connectivity index is 1.79. The third-order valence-electron chi connectivity index (χ3n) is 5.13. The molecular formula is C25H22N2O5. The van der Waals surface area contributed by atoms with Crippen LogP contribution in [-0.2, 0) is 11.3 Å². The van der Waals surface area contributed by atoms with Gasteiger partial charge < -0.3 is 19.2 Å². The Bertz CT molecular complexity index is 1200. The van der Waals surface area contributed by atoms with Gasteiger partial charge in [-0.2, -0.15) is 0 Å². The molecule has 1 aliphatic rings. The van der Waals surface area contributed by atoms with E-state index in [0.29, 0.717) is 23.7 Å². The van der Waals surface area contributed by atoms with Crippen molar-refractivity contribution < 1.29 is 23.8 Å². The van der Waals surface area contributed by atoms with Crippen molar-refractivity contribution in [1.29, 1.82) is 0 Å². The average Bonchev–Trinajstić information content (AvgIpc) is 3.35. The Morgan fingerprint density at radius 1 is 1.28 bits per heavy atom. The van der Waals surface area contributed by atoms with Crippen molar-refractivity contribution in [3.05, 3.63) is 108 Å². The van der Waals surface area contributed by atoms with Crippen molar-refractivity contribution in [3.8, 4) is 5.75 Å². The van der Waals surface area contributed by atoms with Gasteiger partial charge in [0.1, 0.15) is 18.1 Å². The van der Waals surface area contributed by atoms with Crippen molar-refractivity contribution in [2.75, 3.05) is 6.61 Å². The second-order valence-corrected chi connectivity index (χ2v) is 7.37. The monoisotopic (exact) mass is 430 g/mol. The Hall–Kier alpha value is -4.13. The number of ketones is 1. The van der Waals surface area contributed by atoms with Crippen LogP contribution in [0.2, 0.25) is 0 Å². The second-order valence-electron chi connectivity index (χ2n) is 7.37. The van der Waals surface area contributed by atoms with Gasteiger partial charge in [-0.05, 0) is 48.4 Å². The van der Waals surface area contributed by atoms with Crippen molar-refractivity contribution in [1.82, 2.24) is 9.88 Å². The van der Waals surface area contributed by atoms with Gasteiger partial charge in [-0.1, -0.05) is 30.9 Å². The number of nitrogens with zero attached hydrogens (tertiary/aromatic N) is 2. The van der Waals surface area contributed by atoms with Gasteiger partial charge in [-0.3, -0.25) is 14.6 Å². The van der Waals surface area contributed by atoms with E-state index in [4.69, 9.17) is 9.15 Å². The first-order chi connectivity index (χ1) is 15.5. The lowest BCUT2D eigenvalue weighted by Gasteiger charge is -2.27. The molecule has 32 heavy (non-hydrogen) atoms. The predicted octanol–water partition coefficient (Wildman–Crippen LogP) is 4.33. The number of ether oxygens (including phenoxy) is 1. The lowest BCUT2D eigenvalue weighted by Crippen LogP contribution is -2.30. The van der Waals surface area contributed by atoms with Gasteiger partial charge in [0, 0.05) is 18.9 Å². The van der Waals surface area contributed by atoms with E-state index in [0.717, 1.165) is 5.56 Å². The highest BCUT2D eigenvalue weighted by molar-refractivity contribution is 6.15. The zero-order valence-electron chi connectivity index (χ0n) is 17.5. The third kappa shape index (κ3) is 4.05. The second kappa shape index (κ2) is 8.93. The van der Waals surface area contributed by atoms with Crippen molar-refractivity contribution in [2.45, 2.75) is 19.5 Å². The summed E-state index contributed by atoms with van der Waals surface area (Å²) in [4.78, 5) is 31.9. The minimum absolute atomic E-state index is 0.0332. The number of amides is 1. The van der Waals surface area contributed by atoms with E-state index in [2.05, 4.69) is 11.6 Å². The minimum atomic E-state index is -0.826. The number of carbonyl (C=O) groups excluding carboxylic acids is 2. The number of aryl methyl sites for hydroxylation is 1.